The number of fused-ring (bicyclic) bond motifs is 1. The average Bonchev–Trinajstić information content (AvgIpc) is 3.06. The van der Waals surface area contributed by atoms with Gasteiger partial charge in [0.1, 0.15) is 5.69 Å². The normalized spacial score (nSPS) is 13.3. The van der Waals surface area contributed by atoms with E-state index < -0.39 is 5.97 Å². The molecule has 5 heteroatoms. The summed E-state index contributed by atoms with van der Waals surface area (Å²) in [6.07, 6.45) is 1.41. The molecule has 0 unspecified atom stereocenters. The number of aromatic carboxylic acids is 1. The van der Waals surface area contributed by atoms with Gasteiger partial charge in [0.05, 0.1) is 13.2 Å². The fraction of sp³-hybridized carbons (Fsp3) is 0.143. The first-order valence-electron chi connectivity index (χ1n) is 5.81. The van der Waals surface area contributed by atoms with Crippen molar-refractivity contribution in [3.05, 3.63) is 58.4 Å². The Balaban J connectivity index is 1.92. The number of hydrogen-bond acceptors (Lipinski definition) is 3. The van der Waals surface area contributed by atoms with Gasteiger partial charge >= 0.3 is 5.97 Å². The van der Waals surface area contributed by atoms with Crippen molar-refractivity contribution in [1.29, 1.82) is 0 Å². The standard InChI is InChI=1S/C14H11NO4/c16-13(10-4-12(14(17)18)15-5-10)8-1-2-9-6-19-7-11(9)3-8/h1-5,15H,6-7H2,(H,17,18). The molecule has 0 saturated heterocycles. The van der Waals surface area contributed by atoms with Crippen molar-refractivity contribution in [1.82, 2.24) is 4.98 Å². The Morgan fingerprint density at radius 2 is 1.89 bits per heavy atom. The lowest BCUT2D eigenvalue weighted by atomic mass is 10.0. The van der Waals surface area contributed by atoms with Crippen LogP contribution in [0.5, 0.6) is 0 Å². The van der Waals surface area contributed by atoms with E-state index in [1.165, 1.54) is 12.3 Å². The number of aromatic nitrogens is 1. The zero-order chi connectivity index (χ0) is 13.4. The minimum Gasteiger partial charge on any atom is -0.477 e. The van der Waals surface area contributed by atoms with E-state index in [1.807, 2.05) is 6.07 Å². The molecule has 0 radical (unpaired) electrons. The van der Waals surface area contributed by atoms with Crippen LogP contribution in [0.15, 0.2) is 30.5 Å². The third-order valence-electron chi connectivity index (χ3n) is 3.16. The molecular formula is C14H11NO4. The van der Waals surface area contributed by atoms with Gasteiger partial charge in [-0.1, -0.05) is 12.1 Å². The van der Waals surface area contributed by atoms with Crippen molar-refractivity contribution in [2.45, 2.75) is 13.2 Å². The number of carbonyl (C=O) groups is 2. The van der Waals surface area contributed by atoms with E-state index in [9.17, 15) is 9.59 Å². The summed E-state index contributed by atoms with van der Waals surface area (Å²) in [5.41, 5.74) is 3.00. The van der Waals surface area contributed by atoms with Gasteiger partial charge in [0.15, 0.2) is 5.78 Å². The lowest BCUT2D eigenvalue weighted by molar-refractivity contribution is 0.0691. The zero-order valence-electron chi connectivity index (χ0n) is 9.97. The highest BCUT2D eigenvalue weighted by Crippen LogP contribution is 2.22. The van der Waals surface area contributed by atoms with Crippen LogP contribution in [0.25, 0.3) is 0 Å². The van der Waals surface area contributed by atoms with Gasteiger partial charge in [-0.25, -0.2) is 4.79 Å². The number of nitrogens with one attached hydrogen (secondary N) is 1. The lowest BCUT2D eigenvalue weighted by Crippen LogP contribution is -2.01. The van der Waals surface area contributed by atoms with Gasteiger partial charge in [-0.15, -0.1) is 0 Å². The van der Waals surface area contributed by atoms with Crippen LogP contribution in [0.3, 0.4) is 0 Å². The van der Waals surface area contributed by atoms with Crippen LogP contribution >= 0.6 is 0 Å². The van der Waals surface area contributed by atoms with Crippen molar-refractivity contribution < 1.29 is 19.4 Å². The molecule has 1 aliphatic heterocycles. The summed E-state index contributed by atoms with van der Waals surface area (Å²) in [6, 6.07) is 6.76. The molecule has 2 aromatic rings. The van der Waals surface area contributed by atoms with E-state index in [0.717, 1.165) is 11.1 Å². The molecule has 0 aliphatic carbocycles. The Labute approximate surface area is 108 Å². The monoisotopic (exact) mass is 257 g/mol. The molecule has 0 fully saturated rings. The highest BCUT2D eigenvalue weighted by Gasteiger charge is 2.17. The molecule has 5 nitrogen and oxygen atoms in total. The predicted octanol–water partition coefficient (Wildman–Crippen LogP) is 1.97. The molecule has 0 amide bonds. The number of carboxylic acid groups (broad SMARTS) is 1. The summed E-state index contributed by atoms with van der Waals surface area (Å²) >= 11 is 0. The molecule has 0 atom stereocenters. The Bertz CT molecular complexity index is 672. The van der Waals surface area contributed by atoms with Crippen molar-refractivity contribution in [2.24, 2.45) is 0 Å². The fourth-order valence-electron chi connectivity index (χ4n) is 2.13. The number of hydrogen-bond donors (Lipinski definition) is 2. The Morgan fingerprint density at radius 3 is 2.63 bits per heavy atom. The lowest BCUT2D eigenvalue weighted by Gasteiger charge is -2.01. The molecule has 2 heterocycles. The van der Waals surface area contributed by atoms with Gasteiger partial charge in [-0.05, 0) is 23.3 Å². The molecular weight excluding hydrogens is 246 g/mol. The molecule has 1 aromatic heterocycles. The number of carbonyl (C=O) groups excluding carboxylic acids is 1. The van der Waals surface area contributed by atoms with E-state index in [0.29, 0.717) is 24.3 Å². The zero-order valence-corrected chi connectivity index (χ0v) is 9.97. The van der Waals surface area contributed by atoms with E-state index in [4.69, 9.17) is 9.84 Å². The van der Waals surface area contributed by atoms with Crippen LogP contribution in [0.1, 0.15) is 37.5 Å². The van der Waals surface area contributed by atoms with Crippen molar-refractivity contribution in [2.75, 3.05) is 0 Å². The quantitative estimate of drug-likeness (QED) is 0.824. The fourth-order valence-corrected chi connectivity index (χ4v) is 2.13. The van der Waals surface area contributed by atoms with Gasteiger partial charge in [0.25, 0.3) is 0 Å². The minimum atomic E-state index is -1.08. The van der Waals surface area contributed by atoms with Gasteiger partial charge in [0.2, 0.25) is 0 Å². The van der Waals surface area contributed by atoms with E-state index in [-0.39, 0.29) is 11.5 Å². The molecule has 19 heavy (non-hydrogen) atoms. The maximum atomic E-state index is 12.2. The molecule has 1 aromatic carbocycles. The molecule has 0 saturated carbocycles. The van der Waals surface area contributed by atoms with Crippen LogP contribution in [0, 0.1) is 0 Å². The number of ketones is 1. The second-order valence-corrected chi connectivity index (χ2v) is 4.41. The minimum absolute atomic E-state index is 0.00726. The maximum Gasteiger partial charge on any atom is 0.352 e. The van der Waals surface area contributed by atoms with Crippen LogP contribution in [0.2, 0.25) is 0 Å². The third kappa shape index (κ3) is 2.04. The highest BCUT2D eigenvalue weighted by atomic mass is 16.5. The Morgan fingerprint density at radius 1 is 1.11 bits per heavy atom. The predicted molar refractivity (Wildman–Crippen MR) is 66.1 cm³/mol. The molecule has 3 rings (SSSR count). The first-order chi connectivity index (χ1) is 9.15. The highest BCUT2D eigenvalue weighted by molar-refractivity contribution is 6.10. The summed E-state index contributed by atoms with van der Waals surface area (Å²) in [6.45, 7) is 1.10. The maximum absolute atomic E-state index is 12.2. The smallest absolute Gasteiger partial charge is 0.352 e. The second-order valence-electron chi connectivity index (χ2n) is 4.41. The summed E-state index contributed by atoms with van der Waals surface area (Å²) in [5.74, 6) is -1.28. The summed E-state index contributed by atoms with van der Waals surface area (Å²) in [5, 5.41) is 8.82. The number of rotatable bonds is 3. The van der Waals surface area contributed by atoms with Crippen molar-refractivity contribution >= 4 is 11.8 Å². The summed E-state index contributed by atoms with van der Waals surface area (Å²) in [4.78, 5) is 25.6. The Hall–Kier alpha value is -2.40. The number of aromatic amines is 1. The number of benzene rings is 1. The van der Waals surface area contributed by atoms with Crippen LogP contribution < -0.4 is 0 Å². The largest absolute Gasteiger partial charge is 0.477 e. The molecule has 96 valence electrons. The number of carboxylic acids is 1. The molecule has 2 N–H and O–H groups in total. The molecule has 0 bridgehead atoms. The van der Waals surface area contributed by atoms with Crippen LogP contribution in [0.4, 0.5) is 0 Å². The molecule has 1 aliphatic rings. The average molecular weight is 257 g/mol. The number of ether oxygens (including phenoxy) is 1. The van der Waals surface area contributed by atoms with E-state index in [2.05, 4.69) is 4.98 Å². The van der Waals surface area contributed by atoms with Crippen molar-refractivity contribution in [3.63, 3.8) is 0 Å². The van der Waals surface area contributed by atoms with Gasteiger partial charge < -0.3 is 14.8 Å². The summed E-state index contributed by atoms with van der Waals surface area (Å²) < 4.78 is 5.30. The van der Waals surface area contributed by atoms with Crippen LogP contribution in [-0.4, -0.2) is 21.8 Å². The first-order valence-corrected chi connectivity index (χ1v) is 5.81. The number of H-pyrrole nitrogens is 1. The first kappa shape index (κ1) is 11.7. The topological polar surface area (TPSA) is 79.4 Å². The van der Waals surface area contributed by atoms with Gasteiger partial charge in [-0.3, -0.25) is 4.79 Å². The molecule has 0 spiro atoms. The van der Waals surface area contributed by atoms with E-state index >= 15 is 0 Å². The third-order valence-corrected chi connectivity index (χ3v) is 3.16. The van der Waals surface area contributed by atoms with Crippen LogP contribution in [-0.2, 0) is 18.0 Å². The summed E-state index contributed by atoms with van der Waals surface area (Å²) in [7, 11) is 0. The SMILES string of the molecule is O=C(c1c[nH]c(C(=O)O)c1)c1ccc2c(c1)COC2. The second kappa shape index (κ2) is 4.37. The van der Waals surface area contributed by atoms with Gasteiger partial charge in [0, 0.05) is 17.3 Å². The van der Waals surface area contributed by atoms with E-state index in [1.54, 1.807) is 12.1 Å². The van der Waals surface area contributed by atoms with Gasteiger partial charge in [-0.2, -0.15) is 0 Å². The Kier molecular flexibility index (Phi) is 2.68. The van der Waals surface area contributed by atoms with Crippen molar-refractivity contribution in [3.8, 4) is 0 Å².